The zero-order valence-electron chi connectivity index (χ0n) is 6.79. The molecule has 62 valence electrons. The lowest BCUT2D eigenvalue weighted by molar-refractivity contribution is 0.668. The van der Waals surface area contributed by atoms with E-state index >= 15 is 0 Å². The SMILES string of the molecule is CCn1cc2ccc(Cl)cc2n1. The molecule has 0 aliphatic carbocycles. The Morgan fingerprint density at radius 2 is 2.33 bits per heavy atom. The zero-order chi connectivity index (χ0) is 8.55. The molecule has 0 amide bonds. The summed E-state index contributed by atoms with van der Waals surface area (Å²) in [6.45, 7) is 2.96. The highest BCUT2D eigenvalue weighted by atomic mass is 35.5. The Balaban J connectivity index is 2.67. The Labute approximate surface area is 75.8 Å². The van der Waals surface area contributed by atoms with Gasteiger partial charge in [-0.3, -0.25) is 4.68 Å². The molecule has 1 heterocycles. The fourth-order valence-electron chi connectivity index (χ4n) is 1.20. The summed E-state index contributed by atoms with van der Waals surface area (Å²) in [5.41, 5.74) is 0.962. The summed E-state index contributed by atoms with van der Waals surface area (Å²) in [5, 5.41) is 6.20. The summed E-state index contributed by atoms with van der Waals surface area (Å²) >= 11 is 5.82. The maximum Gasteiger partial charge on any atom is 0.0938 e. The van der Waals surface area contributed by atoms with Crippen molar-refractivity contribution in [2.75, 3.05) is 0 Å². The fraction of sp³-hybridized carbons (Fsp3) is 0.222. The second kappa shape index (κ2) is 2.79. The third-order valence-corrected chi connectivity index (χ3v) is 2.08. The second-order valence-corrected chi connectivity index (χ2v) is 3.12. The molecule has 2 nitrogen and oxygen atoms in total. The number of halogens is 1. The Hall–Kier alpha value is -1.02. The lowest BCUT2D eigenvalue weighted by atomic mass is 10.3. The number of benzene rings is 1. The van der Waals surface area contributed by atoms with Gasteiger partial charge in [0.1, 0.15) is 0 Å². The topological polar surface area (TPSA) is 17.8 Å². The third kappa shape index (κ3) is 1.18. The van der Waals surface area contributed by atoms with Crippen LogP contribution in [0.1, 0.15) is 6.92 Å². The summed E-state index contributed by atoms with van der Waals surface area (Å²) in [6, 6.07) is 5.74. The van der Waals surface area contributed by atoms with E-state index in [1.807, 2.05) is 29.1 Å². The summed E-state index contributed by atoms with van der Waals surface area (Å²) in [6.07, 6.45) is 2.02. The first kappa shape index (κ1) is 7.62. The van der Waals surface area contributed by atoms with E-state index < -0.39 is 0 Å². The minimum Gasteiger partial charge on any atom is -0.272 e. The molecule has 0 atom stereocenters. The van der Waals surface area contributed by atoms with Gasteiger partial charge in [-0.15, -0.1) is 0 Å². The lowest BCUT2D eigenvalue weighted by Crippen LogP contribution is -1.92. The van der Waals surface area contributed by atoms with Crippen molar-refractivity contribution in [3.05, 3.63) is 29.4 Å². The number of rotatable bonds is 1. The van der Waals surface area contributed by atoms with Crippen LogP contribution in [0.3, 0.4) is 0 Å². The van der Waals surface area contributed by atoms with Gasteiger partial charge in [0.05, 0.1) is 5.52 Å². The van der Waals surface area contributed by atoms with Crippen molar-refractivity contribution in [2.45, 2.75) is 13.5 Å². The van der Waals surface area contributed by atoms with Crippen molar-refractivity contribution >= 4 is 22.5 Å². The van der Waals surface area contributed by atoms with Crippen LogP contribution in [0.2, 0.25) is 5.02 Å². The van der Waals surface area contributed by atoms with Crippen molar-refractivity contribution < 1.29 is 0 Å². The molecule has 3 heteroatoms. The molecule has 0 N–H and O–H groups in total. The van der Waals surface area contributed by atoms with Gasteiger partial charge < -0.3 is 0 Å². The van der Waals surface area contributed by atoms with E-state index in [1.54, 1.807) is 0 Å². The third-order valence-electron chi connectivity index (χ3n) is 1.84. The summed E-state index contributed by atoms with van der Waals surface area (Å²) in [7, 11) is 0. The molecule has 0 bridgehead atoms. The highest BCUT2D eigenvalue weighted by Crippen LogP contribution is 2.17. The lowest BCUT2D eigenvalue weighted by Gasteiger charge is -1.88. The van der Waals surface area contributed by atoms with Crippen molar-refractivity contribution in [1.29, 1.82) is 0 Å². The predicted molar refractivity (Wildman–Crippen MR) is 50.4 cm³/mol. The van der Waals surface area contributed by atoms with E-state index in [0.717, 1.165) is 22.5 Å². The molecule has 0 fully saturated rings. The van der Waals surface area contributed by atoms with Gasteiger partial charge in [-0.05, 0) is 25.1 Å². The van der Waals surface area contributed by atoms with Crippen LogP contribution in [0.4, 0.5) is 0 Å². The molecular formula is C9H9ClN2. The number of nitrogens with zero attached hydrogens (tertiary/aromatic N) is 2. The van der Waals surface area contributed by atoms with Crippen LogP contribution >= 0.6 is 11.6 Å². The van der Waals surface area contributed by atoms with Crippen molar-refractivity contribution in [3.8, 4) is 0 Å². The number of fused-ring (bicyclic) bond motifs is 1. The van der Waals surface area contributed by atoms with E-state index in [0.29, 0.717) is 0 Å². The number of hydrogen-bond acceptors (Lipinski definition) is 1. The van der Waals surface area contributed by atoms with E-state index in [9.17, 15) is 0 Å². The normalized spacial score (nSPS) is 10.8. The average Bonchev–Trinajstić information content (AvgIpc) is 2.46. The van der Waals surface area contributed by atoms with Crippen molar-refractivity contribution in [2.24, 2.45) is 0 Å². The Morgan fingerprint density at radius 1 is 1.50 bits per heavy atom. The molecule has 1 aromatic heterocycles. The number of hydrogen-bond donors (Lipinski definition) is 0. The molecule has 0 aliphatic heterocycles. The first-order valence-corrected chi connectivity index (χ1v) is 4.30. The fourth-order valence-corrected chi connectivity index (χ4v) is 1.37. The van der Waals surface area contributed by atoms with Crippen LogP contribution < -0.4 is 0 Å². The van der Waals surface area contributed by atoms with Crippen LogP contribution in [-0.2, 0) is 6.54 Å². The molecule has 0 saturated carbocycles. The van der Waals surface area contributed by atoms with Gasteiger partial charge >= 0.3 is 0 Å². The van der Waals surface area contributed by atoms with Crippen molar-refractivity contribution in [1.82, 2.24) is 9.78 Å². The maximum atomic E-state index is 5.82. The zero-order valence-corrected chi connectivity index (χ0v) is 7.54. The van der Waals surface area contributed by atoms with Gasteiger partial charge in [-0.2, -0.15) is 5.10 Å². The monoisotopic (exact) mass is 180 g/mol. The van der Waals surface area contributed by atoms with Gasteiger partial charge in [0.2, 0.25) is 0 Å². The molecule has 2 aromatic rings. The van der Waals surface area contributed by atoms with Crippen LogP contribution in [0.15, 0.2) is 24.4 Å². The van der Waals surface area contributed by atoms with Crippen LogP contribution in [0.25, 0.3) is 10.9 Å². The first-order valence-electron chi connectivity index (χ1n) is 3.92. The quantitative estimate of drug-likeness (QED) is 0.660. The first-order chi connectivity index (χ1) is 5.79. The predicted octanol–water partition coefficient (Wildman–Crippen LogP) is 2.71. The van der Waals surface area contributed by atoms with E-state index in [1.165, 1.54) is 0 Å². The van der Waals surface area contributed by atoms with Gasteiger partial charge in [0.15, 0.2) is 0 Å². The molecule has 12 heavy (non-hydrogen) atoms. The summed E-state index contributed by atoms with van der Waals surface area (Å²) in [4.78, 5) is 0. The Morgan fingerprint density at radius 3 is 3.08 bits per heavy atom. The van der Waals surface area contributed by atoms with Gasteiger partial charge in [-0.25, -0.2) is 0 Å². The molecule has 0 unspecified atom stereocenters. The number of aryl methyl sites for hydroxylation is 1. The van der Waals surface area contributed by atoms with Crippen LogP contribution in [0, 0.1) is 0 Å². The van der Waals surface area contributed by atoms with Gasteiger partial charge in [0, 0.05) is 23.2 Å². The van der Waals surface area contributed by atoms with E-state index in [-0.39, 0.29) is 0 Å². The molecule has 2 rings (SSSR count). The largest absolute Gasteiger partial charge is 0.272 e. The average molecular weight is 181 g/mol. The molecule has 1 aromatic carbocycles. The van der Waals surface area contributed by atoms with Gasteiger partial charge in [0.25, 0.3) is 0 Å². The van der Waals surface area contributed by atoms with Crippen LogP contribution in [-0.4, -0.2) is 9.78 Å². The Bertz CT molecular complexity index is 406. The molecular weight excluding hydrogens is 172 g/mol. The van der Waals surface area contributed by atoms with E-state index in [4.69, 9.17) is 11.6 Å². The molecule has 0 spiro atoms. The van der Waals surface area contributed by atoms with Crippen molar-refractivity contribution in [3.63, 3.8) is 0 Å². The molecule has 0 radical (unpaired) electrons. The molecule has 0 saturated heterocycles. The highest BCUT2D eigenvalue weighted by Gasteiger charge is 1.98. The standard InChI is InChI=1S/C9H9ClN2/c1-2-12-6-7-3-4-8(10)5-9(7)11-12/h3-6H,2H2,1H3. The van der Waals surface area contributed by atoms with E-state index in [2.05, 4.69) is 12.0 Å². The molecule has 0 aliphatic rings. The number of aromatic nitrogens is 2. The highest BCUT2D eigenvalue weighted by molar-refractivity contribution is 6.31. The second-order valence-electron chi connectivity index (χ2n) is 2.69. The summed E-state index contributed by atoms with van der Waals surface area (Å²) < 4.78 is 1.90. The minimum atomic E-state index is 0.740. The van der Waals surface area contributed by atoms with Gasteiger partial charge in [-0.1, -0.05) is 11.6 Å². The van der Waals surface area contributed by atoms with Crippen LogP contribution in [0.5, 0.6) is 0 Å². The summed E-state index contributed by atoms with van der Waals surface area (Å²) in [5.74, 6) is 0. The minimum absolute atomic E-state index is 0.740. The maximum absolute atomic E-state index is 5.82. The smallest absolute Gasteiger partial charge is 0.0938 e. The Kier molecular flexibility index (Phi) is 1.77.